The van der Waals surface area contributed by atoms with Crippen LogP contribution in [0, 0.1) is 0 Å². The largest absolute Gasteiger partial charge is 0.495 e. The molecule has 2 unspecified atom stereocenters. The maximum atomic E-state index is 13.5. The van der Waals surface area contributed by atoms with E-state index in [2.05, 4.69) is 5.32 Å². The number of methoxy groups -OCH3 is 1. The van der Waals surface area contributed by atoms with Crippen molar-refractivity contribution < 1.29 is 22.7 Å². The maximum absolute atomic E-state index is 13.5. The highest BCUT2D eigenvalue weighted by Crippen LogP contribution is 2.30. The first-order valence-corrected chi connectivity index (χ1v) is 13.6. The minimum absolute atomic E-state index is 0.0224. The summed E-state index contributed by atoms with van der Waals surface area (Å²) in [6.45, 7) is 4.89. The van der Waals surface area contributed by atoms with E-state index in [0.29, 0.717) is 16.3 Å². The van der Waals surface area contributed by atoms with Crippen molar-refractivity contribution in [2.75, 3.05) is 24.2 Å². The van der Waals surface area contributed by atoms with Crippen LogP contribution in [0.3, 0.4) is 0 Å². The molecular weight excluding hydrogens is 513 g/mol. The zero-order chi connectivity index (χ0) is 26.3. The summed E-state index contributed by atoms with van der Waals surface area (Å²) in [5.74, 6) is -0.557. The summed E-state index contributed by atoms with van der Waals surface area (Å²) in [5, 5.41) is 3.50. The zero-order valence-electron chi connectivity index (χ0n) is 20.4. The van der Waals surface area contributed by atoms with Crippen molar-refractivity contribution in [2.45, 2.75) is 45.8 Å². The van der Waals surface area contributed by atoms with Gasteiger partial charge in [-0.2, -0.15) is 0 Å². The Hall–Kier alpha value is -2.49. The third-order valence-electron chi connectivity index (χ3n) is 5.57. The van der Waals surface area contributed by atoms with E-state index in [9.17, 15) is 18.0 Å². The third kappa shape index (κ3) is 7.75. The van der Waals surface area contributed by atoms with Crippen LogP contribution in [0.25, 0.3) is 0 Å². The first-order valence-electron chi connectivity index (χ1n) is 11.0. The molecule has 192 valence electrons. The van der Waals surface area contributed by atoms with E-state index in [1.807, 2.05) is 13.8 Å². The second-order valence-corrected chi connectivity index (χ2v) is 10.9. The molecule has 35 heavy (non-hydrogen) atoms. The summed E-state index contributed by atoms with van der Waals surface area (Å²) >= 11 is 12.5. The Morgan fingerprint density at radius 2 is 1.74 bits per heavy atom. The lowest BCUT2D eigenvalue weighted by atomic mass is 10.1. The van der Waals surface area contributed by atoms with Crippen LogP contribution >= 0.6 is 23.2 Å². The summed E-state index contributed by atoms with van der Waals surface area (Å²) in [4.78, 5) is 27.8. The first-order chi connectivity index (χ1) is 16.4. The molecule has 2 aromatic rings. The Morgan fingerprint density at radius 3 is 2.29 bits per heavy atom. The van der Waals surface area contributed by atoms with Gasteiger partial charge in [-0.1, -0.05) is 48.3 Å². The molecule has 1 N–H and O–H groups in total. The molecule has 0 aliphatic rings. The van der Waals surface area contributed by atoms with Crippen molar-refractivity contribution in [3.8, 4) is 5.75 Å². The van der Waals surface area contributed by atoms with Gasteiger partial charge in [-0.15, -0.1) is 0 Å². The van der Waals surface area contributed by atoms with Crippen molar-refractivity contribution in [3.05, 3.63) is 58.1 Å². The van der Waals surface area contributed by atoms with Gasteiger partial charge in [0, 0.05) is 17.6 Å². The van der Waals surface area contributed by atoms with E-state index in [-0.39, 0.29) is 29.2 Å². The van der Waals surface area contributed by atoms with Gasteiger partial charge in [0.15, 0.2) is 0 Å². The van der Waals surface area contributed by atoms with Crippen LogP contribution in [0.1, 0.15) is 32.8 Å². The molecule has 0 saturated heterocycles. The van der Waals surface area contributed by atoms with Crippen molar-refractivity contribution in [1.29, 1.82) is 0 Å². The molecule has 0 fully saturated rings. The van der Waals surface area contributed by atoms with E-state index < -0.39 is 28.5 Å². The molecule has 2 amide bonds. The quantitative estimate of drug-likeness (QED) is 0.460. The van der Waals surface area contributed by atoms with Crippen molar-refractivity contribution in [2.24, 2.45) is 0 Å². The van der Waals surface area contributed by atoms with Crippen molar-refractivity contribution >= 4 is 50.7 Å². The number of nitrogens with zero attached hydrogens (tertiary/aromatic N) is 2. The Labute approximate surface area is 217 Å². The number of benzene rings is 2. The van der Waals surface area contributed by atoms with E-state index in [1.165, 1.54) is 30.2 Å². The molecular formula is C24H31Cl2N3O5S. The fourth-order valence-electron chi connectivity index (χ4n) is 3.28. The van der Waals surface area contributed by atoms with Gasteiger partial charge in [0.2, 0.25) is 21.8 Å². The normalized spacial score (nSPS) is 13.0. The van der Waals surface area contributed by atoms with E-state index in [1.54, 1.807) is 31.2 Å². The van der Waals surface area contributed by atoms with Crippen LogP contribution in [0.5, 0.6) is 5.75 Å². The number of hydrogen-bond acceptors (Lipinski definition) is 5. The Balaban J connectivity index is 2.43. The van der Waals surface area contributed by atoms with Crippen LogP contribution in [0.4, 0.5) is 5.69 Å². The summed E-state index contributed by atoms with van der Waals surface area (Å²) < 4.78 is 31.3. The lowest BCUT2D eigenvalue weighted by Gasteiger charge is -2.32. The van der Waals surface area contributed by atoms with Crippen molar-refractivity contribution in [1.82, 2.24) is 10.2 Å². The molecule has 2 atom stereocenters. The molecule has 2 aromatic carbocycles. The summed E-state index contributed by atoms with van der Waals surface area (Å²) in [5.41, 5.74) is 0.824. The molecule has 0 aliphatic carbocycles. The average Bonchev–Trinajstić information content (AvgIpc) is 2.80. The number of amides is 2. The Morgan fingerprint density at radius 1 is 1.09 bits per heavy atom. The smallest absolute Gasteiger partial charge is 0.244 e. The predicted octanol–water partition coefficient (Wildman–Crippen LogP) is 4.10. The van der Waals surface area contributed by atoms with Crippen molar-refractivity contribution in [3.63, 3.8) is 0 Å². The zero-order valence-corrected chi connectivity index (χ0v) is 22.7. The van der Waals surface area contributed by atoms with Crippen LogP contribution in [-0.4, -0.2) is 57.1 Å². The molecule has 0 aliphatic heterocycles. The SMILES string of the molecule is CCC(C)NC(=O)C(C)N(Cc1ccccc1Cl)C(=O)CN(c1ccc(OC)c(Cl)c1)S(C)(=O)=O. The van der Waals surface area contributed by atoms with Gasteiger partial charge in [0.05, 0.1) is 24.1 Å². The van der Waals surface area contributed by atoms with Crippen LogP contribution in [0.15, 0.2) is 42.5 Å². The van der Waals surface area contributed by atoms with Gasteiger partial charge in [0.1, 0.15) is 18.3 Å². The van der Waals surface area contributed by atoms with E-state index in [4.69, 9.17) is 27.9 Å². The molecule has 2 rings (SSSR count). The maximum Gasteiger partial charge on any atom is 0.244 e. The van der Waals surface area contributed by atoms with Gasteiger partial charge in [0.25, 0.3) is 0 Å². The number of hydrogen-bond donors (Lipinski definition) is 1. The van der Waals surface area contributed by atoms with Gasteiger partial charge in [-0.05, 0) is 50.1 Å². The van der Waals surface area contributed by atoms with E-state index >= 15 is 0 Å². The summed E-state index contributed by atoms with van der Waals surface area (Å²) in [6.07, 6.45) is 1.72. The highest BCUT2D eigenvalue weighted by molar-refractivity contribution is 7.92. The lowest BCUT2D eigenvalue weighted by Crippen LogP contribution is -2.52. The average molecular weight is 545 g/mol. The number of carbonyl (C=O) groups is 2. The minimum atomic E-state index is -3.87. The highest BCUT2D eigenvalue weighted by atomic mass is 35.5. The Kier molecular flexibility index (Phi) is 10.2. The number of nitrogens with one attached hydrogen (secondary N) is 1. The molecule has 0 radical (unpaired) electrons. The first kappa shape index (κ1) is 28.7. The molecule has 0 heterocycles. The van der Waals surface area contributed by atoms with Crippen LogP contribution < -0.4 is 14.4 Å². The topological polar surface area (TPSA) is 96.0 Å². The van der Waals surface area contributed by atoms with Gasteiger partial charge >= 0.3 is 0 Å². The second kappa shape index (κ2) is 12.5. The molecule has 0 saturated carbocycles. The molecule has 0 aromatic heterocycles. The second-order valence-electron chi connectivity index (χ2n) is 8.20. The molecule has 8 nitrogen and oxygen atoms in total. The number of halogens is 2. The number of carbonyl (C=O) groups excluding carboxylic acids is 2. The number of ether oxygens (including phenoxy) is 1. The summed E-state index contributed by atoms with van der Waals surface area (Å²) in [7, 11) is -2.43. The predicted molar refractivity (Wildman–Crippen MR) is 140 cm³/mol. The molecule has 0 bridgehead atoms. The number of rotatable bonds is 11. The fourth-order valence-corrected chi connectivity index (χ4v) is 4.57. The van der Waals surface area contributed by atoms with Gasteiger partial charge in [-0.3, -0.25) is 13.9 Å². The van der Waals surface area contributed by atoms with Gasteiger partial charge < -0.3 is 15.0 Å². The monoisotopic (exact) mass is 543 g/mol. The summed E-state index contributed by atoms with van der Waals surface area (Å²) in [6, 6.07) is 10.4. The highest BCUT2D eigenvalue weighted by Gasteiger charge is 2.31. The lowest BCUT2D eigenvalue weighted by molar-refractivity contribution is -0.139. The van der Waals surface area contributed by atoms with Crippen LogP contribution in [-0.2, 0) is 26.2 Å². The fraction of sp³-hybridized carbons (Fsp3) is 0.417. The minimum Gasteiger partial charge on any atom is -0.495 e. The molecule has 11 heteroatoms. The number of anilines is 1. The van der Waals surface area contributed by atoms with Crippen LogP contribution in [0.2, 0.25) is 10.0 Å². The third-order valence-corrected chi connectivity index (χ3v) is 7.37. The standard InChI is InChI=1S/C24H31Cl2N3O5S/c1-6-16(2)27-24(31)17(3)28(14-18-9-7-8-10-20(18)25)23(30)15-29(35(5,32)33)19-11-12-22(34-4)21(26)13-19/h7-13,16-17H,6,14-15H2,1-5H3,(H,27,31). The van der Waals surface area contributed by atoms with Gasteiger partial charge in [-0.25, -0.2) is 8.42 Å². The van der Waals surface area contributed by atoms with E-state index in [0.717, 1.165) is 17.0 Å². The number of sulfonamides is 1. The molecule has 0 spiro atoms. The Bertz CT molecular complexity index is 1160.